The van der Waals surface area contributed by atoms with Crippen LogP contribution in [0.3, 0.4) is 0 Å². The van der Waals surface area contributed by atoms with Gasteiger partial charge < -0.3 is 19.5 Å². The van der Waals surface area contributed by atoms with Crippen molar-refractivity contribution in [2.24, 2.45) is 0 Å². The Morgan fingerprint density at radius 3 is 2.35 bits per heavy atom. The van der Waals surface area contributed by atoms with Crippen molar-refractivity contribution in [2.75, 3.05) is 19.9 Å². The van der Waals surface area contributed by atoms with Gasteiger partial charge >= 0.3 is 17.2 Å². The quantitative estimate of drug-likeness (QED) is 0.533. The molecule has 0 aliphatic heterocycles. The highest BCUT2D eigenvalue weighted by atomic mass is 32.2. The zero-order chi connectivity index (χ0) is 15.5. The van der Waals surface area contributed by atoms with Crippen LogP contribution in [0.5, 0.6) is 0 Å². The molecule has 0 saturated heterocycles. The second kappa shape index (κ2) is 10.1. The van der Waals surface area contributed by atoms with Crippen molar-refractivity contribution in [2.45, 2.75) is 26.0 Å². The van der Waals surface area contributed by atoms with Crippen LogP contribution < -0.4 is 5.32 Å². The lowest BCUT2D eigenvalue weighted by atomic mass is 10.4. The molecule has 0 aromatic rings. The number of nitrogens with one attached hydrogen (secondary N) is 1. The van der Waals surface area contributed by atoms with Gasteiger partial charge in [0.15, 0.2) is 0 Å². The van der Waals surface area contributed by atoms with Gasteiger partial charge in [0.05, 0.1) is 11.9 Å². The SMILES string of the molecule is CCOC(=O)CNC(=O)C(C)SC(=O)OCOC(C)=O. The summed E-state index contributed by atoms with van der Waals surface area (Å²) in [6.07, 6.45) is 0. The highest BCUT2D eigenvalue weighted by Crippen LogP contribution is 2.13. The van der Waals surface area contributed by atoms with Crippen molar-refractivity contribution in [3.05, 3.63) is 0 Å². The molecule has 9 heteroatoms. The first-order valence-electron chi connectivity index (χ1n) is 5.76. The number of hydrogen-bond acceptors (Lipinski definition) is 8. The van der Waals surface area contributed by atoms with Crippen LogP contribution in [0.1, 0.15) is 20.8 Å². The van der Waals surface area contributed by atoms with Crippen LogP contribution in [0.4, 0.5) is 4.79 Å². The van der Waals surface area contributed by atoms with E-state index in [4.69, 9.17) is 0 Å². The first-order chi connectivity index (χ1) is 9.36. The van der Waals surface area contributed by atoms with E-state index in [1.54, 1.807) is 6.92 Å². The fourth-order valence-corrected chi connectivity index (χ4v) is 1.50. The molecule has 0 aromatic carbocycles. The molecule has 0 aromatic heterocycles. The molecule has 0 rings (SSSR count). The van der Waals surface area contributed by atoms with Gasteiger partial charge in [-0.25, -0.2) is 4.79 Å². The molecule has 0 saturated carbocycles. The van der Waals surface area contributed by atoms with Crippen LogP contribution in [0.25, 0.3) is 0 Å². The van der Waals surface area contributed by atoms with Gasteiger partial charge in [-0.2, -0.15) is 0 Å². The van der Waals surface area contributed by atoms with E-state index in [0.29, 0.717) is 11.8 Å². The van der Waals surface area contributed by atoms with Crippen molar-refractivity contribution < 1.29 is 33.4 Å². The minimum atomic E-state index is -0.759. The molecule has 1 atom stereocenters. The highest BCUT2D eigenvalue weighted by molar-refractivity contribution is 8.14. The van der Waals surface area contributed by atoms with Gasteiger partial charge in [-0.1, -0.05) is 0 Å². The lowest BCUT2D eigenvalue weighted by molar-refractivity contribution is -0.148. The predicted molar refractivity (Wildman–Crippen MR) is 69.8 cm³/mol. The summed E-state index contributed by atoms with van der Waals surface area (Å²) < 4.78 is 13.6. The van der Waals surface area contributed by atoms with Gasteiger partial charge in [-0.05, 0) is 25.6 Å². The summed E-state index contributed by atoms with van der Waals surface area (Å²) in [5.74, 6) is -1.65. The maximum atomic E-state index is 11.5. The summed E-state index contributed by atoms with van der Waals surface area (Å²) in [5, 5.41) is 0.805. The van der Waals surface area contributed by atoms with Crippen LogP contribution in [0.15, 0.2) is 0 Å². The lowest BCUT2D eigenvalue weighted by Crippen LogP contribution is -2.36. The third-order valence-electron chi connectivity index (χ3n) is 1.79. The molecular formula is C11H17NO7S. The van der Waals surface area contributed by atoms with E-state index in [1.807, 2.05) is 0 Å². The molecule has 20 heavy (non-hydrogen) atoms. The van der Waals surface area contributed by atoms with Crippen LogP contribution >= 0.6 is 11.8 Å². The number of ether oxygens (including phenoxy) is 3. The number of thioether (sulfide) groups is 1. The Morgan fingerprint density at radius 2 is 1.80 bits per heavy atom. The Balaban J connectivity index is 3.91. The maximum absolute atomic E-state index is 11.5. The monoisotopic (exact) mass is 307 g/mol. The first-order valence-corrected chi connectivity index (χ1v) is 6.64. The van der Waals surface area contributed by atoms with E-state index in [-0.39, 0.29) is 13.2 Å². The molecule has 0 heterocycles. The number of carbonyl (C=O) groups excluding carboxylic acids is 4. The third-order valence-corrected chi connectivity index (χ3v) is 2.67. The topological polar surface area (TPSA) is 108 Å². The highest BCUT2D eigenvalue weighted by Gasteiger charge is 2.19. The molecule has 0 aliphatic rings. The molecular weight excluding hydrogens is 290 g/mol. The van der Waals surface area contributed by atoms with Gasteiger partial charge in [0.25, 0.3) is 0 Å². The summed E-state index contributed by atoms with van der Waals surface area (Å²) in [5.41, 5.74) is 0. The van der Waals surface area contributed by atoms with Gasteiger partial charge in [-0.15, -0.1) is 0 Å². The zero-order valence-electron chi connectivity index (χ0n) is 11.5. The van der Waals surface area contributed by atoms with Gasteiger partial charge in [-0.3, -0.25) is 14.4 Å². The lowest BCUT2D eigenvalue weighted by Gasteiger charge is -2.10. The normalized spacial score (nSPS) is 11.2. The first kappa shape index (κ1) is 18.2. The zero-order valence-corrected chi connectivity index (χ0v) is 12.3. The molecule has 8 nitrogen and oxygen atoms in total. The smallest absolute Gasteiger partial charge is 0.370 e. The number of hydrogen-bond donors (Lipinski definition) is 1. The van der Waals surface area contributed by atoms with E-state index in [2.05, 4.69) is 19.5 Å². The van der Waals surface area contributed by atoms with E-state index >= 15 is 0 Å². The molecule has 0 spiro atoms. The van der Waals surface area contributed by atoms with E-state index in [1.165, 1.54) is 13.8 Å². The van der Waals surface area contributed by atoms with Crippen molar-refractivity contribution in [1.29, 1.82) is 0 Å². The standard InChI is InChI=1S/C11H17NO7S/c1-4-17-9(14)5-12-10(15)7(2)20-11(16)19-6-18-8(3)13/h7H,4-6H2,1-3H3,(H,12,15). The van der Waals surface area contributed by atoms with Crippen LogP contribution in [-0.4, -0.2) is 48.3 Å². The average molecular weight is 307 g/mol. The average Bonchev–Trinajstić information content (AvgIpc) is 2.35. The summed E-state index contributed by atoms with van der Waals surface area (Å²) in [6, 6.07) is 0. The Morgan fingerprint density at radius 1 is 1.15 bits per heavy atom. The van der Waals surface area contributed by atoms with E-state index in [9.17, 15) is 19.2 Å². The minimum Gasteiger partial charge on any atom is -0.465 e. The van der Waals surface area contributed by atoms with E-state index in [0.717, 1.165) is 0 Å². The second-order valence-corrected chi connectivity index (χ2v) is 4.71. The molecule has 0 radical (unpaired) electrons. The van der Waals surface area contributed by atoms with Crippen LogP contribution in [-0.2, 0) is 28.6 Å². The number of amides is 1. The minimum absolute atomic E-state index is 0.224. The van der Waals surface area contributed by atoms with Gasteiger partial charge in [0.2, 0.25) is 12.7 Å². The van der Waals surface area contributed by atoms with Crippen LogP contribution in [0.2, 0.25) is 0 Å². The Kier molecular flexibility index (Phi) is 9.18. The molecule has 0 bridgehead atoms. The summed E-state index contributed by atoms with van der Waals surface area (Å²) in [4.78, 5) is 44.2. The molecule has 0 aliphatic carbocycles. The Hall–Kier alpha value is -1.77. The molecule has 1 unspecified atom stereocenters. The van der Waals surface area contributed by atoms with E-state index < -0.39 is 35.2 Å². The molecule has 1 N–H and O–H groups in total. The predicted octanol–water partition coefficient (Wildman–Crippen LogP) is 0.445. The fourth-order valence-electron chi connectivity index (χ4n) is 0.907. The molecule has 114 valence electrons. The largest absolute Gasteiger partial charge is 0.465 e. The number of rotatable bonds is 7. The third kappa shape index (κ3) is 9.20. The Bertz CT molecular complexity index is 372. The number of carbonyl (C=O) groups is 4. The summed E-state index contributed by atoms with van der Waals surface area (Å²) >= 11 is 0.608. The summed E-state index contributed by atoms with van der Waals surface area (Å²) in [6.45, 7) is 3.75. The Labute approximate surface area is 120 Å². The van der Waals surface area contributed by atoms with Gasteiger partial charge in [0, 0.05) is 6.92 Å². The number of esters is 2. The van der Waals surface area contributed by atoms with Gasteiger partial charge in [0.1, 0.15) is 6.54 Å². The fraction of sp³-hybridized carbons (Fsp3) is 0.636. The van der Waals surface area contributed by atoms with Crippen molar-refractivity contribution in [3.63, 3.8) is 0 Å². The summed E-state index contributed by atoms with van der Waals surface area (Å²) in [7, 11) is 0. The van der Waals surface area contributed by atoms with Crippen molar-refractivity contribution in [1.82, 2.24) is 5.32 Å². The van der Waals surface area contributed by atoms with Crippen LogP contribution in [0, 0.1) is 0 Å². The molecule has 0 fully saturated rings. The second-order valence-electron chi connectivity index (χ2n) is 3.43. The maximum Gasteiger partial charge on any atom is 0.370 e. The van der Waals surface area contributed by atoms with Crippen molar-refractivity contribution >= 4 is 34.9 Å². The molecule has 1 amide bonds. The van der Waals surface area contributed by atoms with Crippen molar-refractivity contribution in [3.8, 4) is 0 Å².